The molecule has 5 aromatic rings. The van der Waals surface area contributed by atoms with Gasteiger partial charge in [0.05, 0.1) is 17.4 Å². The van der Waals surface area contributed by atoms with Crippen LogP contribution >= 0.6 is 0 Å². The first-order valence-electron chi connectivity index (χ1n) is 13.7. The van der Waals surface area contributed by atoms with E-state index in [0.29, 0.717) is 48.2 Å². The fraction of sp³-hybridized carbons (Fsp3) is 0.333. The predicted molar refractivity (Wildman–Crippen MR) is 156 cm³/mol. The molecule has 1 atom stereocenters. The average Bonchev–Trinajstić information content (AvgIpc) is 3.58. The molecule has 2 aromatic carbocycles. The van der Waals surface area contributed by atoms with Crippen molar-refractivity contribution in [1.82, 2.24) is 29.3 Å². The summed E-state index contributed by atoms with van der Waals surface area (Å²) in [6.45, 7) is 9.98. The number of hydrogen-bond donors (Lipinski definition) is 1. The number of nitrogens with zero attached hydrogens (tertiary/aromatic N) is 6. The lowest BCUT2D eigenvalue weighted by Crippen LogP contribution is -2.34. The maximum Gasteiger partial charge on any atom is 0.439 e. The molecule has 1 N–H and O–H groups in total. The van der Waals surface area contributed by atoms with Crippen molar-refractivity contribution >= 4 is 11.5 Å². The Morgan fingerprint density at radius 2 is 1.83 bits per heavy atom. The number of hydrogen-bond acceptors (Lipinski definition) is 8. The smallest absolute Gasteiger partial charge is 0.396 e. The lowest BCUT2D eigenvalue weighted by atomic mass is 9.96. The predicted octanol–water partition coefficient (Wildman–Crippen LogP) is 4.73. The van der Waals surface area contributed by atoms with Crippen LogP contribution in [0.3, 0.4) is 0 Å². The summed E-state index contributed by atoms with van der Waals surface area (Å²) < 4.78 is 8.18. The van der Waals surface area contributed by atoms with Gasteiger partial charge >= 0.3 is 5.76 Å². The second kappa shape index (κ2) is 11.7. The van der Waals surface area contributed by atoms with Crippen molar-refractivity contribution in [1.29, 1.82) is 0 Å². The number of oxime groups is 1. The first-order chi connectivity index (χ1) is 19.8. The molecule has 5 rings (SSSR count). The molecule has 212 valence electrons. The van der Waals surface area contributed by atoms with Gasteiger partial charge in [0.2, 0.25) is 5.78 Å². The molecule has 41 heavy (non-hydrogen) atoms. The molecule has 0 saturated heterocycles. The molecular formula is C30H33N7O4. The fourth-order valence-corrected chi connectivity index (χ4v) is 4.97. The molecule has 0 radical (unpaired) electrons. The number of fused-ring (bicyclic) bond motifs is 1. The van der Waals surface area contributed by atoms with Gasteiger partial charge in [0.15, 0.2) is 5.82 Å². The monoisotopic (exact) mass is 555 g/mol. The molecule has 11 nitrogen and oxygen atoms in total. The van der Waals surface area contributed by atoms with Gasteiger partial charge < -0.3 is 4.84 Å². The Morgan fingerprint density at radius 1 is 1.10 bits per heavy atom. The van der Waals surface area contributed by atoms with E-state index in [0.717, 1.165) is 34.4 Å². The first kappa shape index (κ1) is 27.8. The maximum atomic E-state index is 14.1. The number of H-pyrrole nitrogens is 1. The summed E-state index contributed by atoms with van der Waals surface area (Å²) in [6.07, 6.45) is 1.97. The third-order valence-electron chi connectivity index (χ3n) is 7.08. The molecule has 3 aromatic heterocycles. The van der Waals surface area contributed by atoms with E-state index in [2.05, 4.69) is 32.3 Å². The van der Waals surface area contributed by atoms with Gasteiger partial charge in [-0.3, -0.25) is 18.9 Å². The summed E-state index contributed by atoms with van der Waals surface area (Å²) >= 11 is 0. The van der Waals surface area contributed by atoms with Crippen molar-refractivity contribution in [2.75, 3.05) is 6.61 Å². The van der Waals surface area contributed by atoms with E-state index in [1.807, 2.05) is 80.7 Å². The van der Waals surface area contributed by atoms with E-state index in [-0.39, 0.29) is 11.6 Å². The summed E-state index contributed by atoms with van der Waals surface area (Å²) in [5.41, 5.74) is 5.66. The Balaban J connectivity index is 1.57. The number of aromatic amines is 1. The fourth-order valence-electron chi connectivity index (χ4n) is 4.97. The molecule has 0 saturated carbocycles. The highest BCUT2D eigenvalue weighted by Crippen LogP contribution is 2.30. The summed E-state index contributed by atoms with van der Waals surface area (Å²) in [5, 5.41) is 12.7. The van der Waals surface area contributed by atoms with Crippen molar-refractivity contribution in [3.05, 3.63) is 92.1 Å². The molecular weight excluding hydrogens is 522 g/mol. The van der Waals surface area contributed by atoms with Crippen LogP contribution in [-0.2, 0) is 17.7 Å². The quantitative estimate of drug-likeness (QED) is 0.195. The molecule has 0 aliphatic rings. The van der Waals surface area contributed by atoms with Gasteiger partial charge in [-0.15, -0.1) is 0 Å². The van der Waals surface area contributed by atoms with Crippen LogP contribution in [0.1, 0.15) is 62.8 Å². The standard InChI is InChI=1S/C30H33N7O4/c1-6-10-26-25(28(38)36(19(4)18(3)34-40-7-2)29-31-20(5)33-37(26)29)17-21-13-15-22(16-14-21)23-11-8-9-12-24(23)27-32-30(39)41-35-27/h8-9,11-16,19H,6-7,10,17H2,1-5H3,(H,32,35,39)/b34-18+. The maximum absolute atomic E-state index is 14.1. The van der Waals surface area contributed by atoms with Crippen molar-refractivity contribution in [2.45, 2.75) is 59.9 Å². The van der Waals surface area contributed by atoms with Crippen LogP contribution in [0.25, 0.3) is 28.3 Å². The van der Waals surface area contributed by atoms with Crippen LogP contribution in [0, 0.1) is 6.92 Å². The van der Waals surface area contributed by atoms with Crippen LogP contribution in [0.5, 0.6) is 0 Å². The van der Waals surface area contributed by atoms with Crippen molar-refractivity contribution in [3.63, 3.8) is 0 Å². The molecule has 0 bridgehead atoms. The second-order valence-corrected chi connectivity index (χ2v) is 9.91. The molecule has 0 spiro atoms. The Kier molecular flexibility index (Phi) is 7.95. The third kappa shape index (κ3) is 5.47. The highest BCUT2D eigenvalue weighted by Gasteiger charge is 2.24. The third-order valence-corrected chi connectivity index (χ3v) is 7.08. The molecule has 1 unspecified atom stereocenters. The minimum Gasteiger partial charge on any atom is -0.396 e. The molecule has 3 heterocycles. The van der Waals surface area contributed by atoms with Crippen LogP contribution in [0.15, 0.2) is 67.8 Å². The normalized spacial score (nSPS) is 12.7. The van der Waals surface area contributed by atoms with Gasteiger partial charge in [0, 0.05) is 17.5 Å². The van der Waals surface area contributed by atoms with Gasteiger partial charge in [-0.2, -0.15) is 10.1 Å². The van der Waals surface area contributed by atoms with Crippen LogP contribution in [-0.4, -0.2) is 41.6 Å². The van der Waals surface area contributed by atoms with Gasteiger partial charge in [-0.1, -0.05) is 72.2 Å². The van der Waals surface area contributed by atoms with Crippen LogP contribution in [0.2, 0.25) is 0 Å². The highest BCUT2D eigenvalue weighted by atomic mass is 16.6. The van der Waals surface area contributed by atoms with Gasteiger partial charge in [-0.05, 0) is 50.8 Å². The number of nitrogens with one attached hydrogen (secondary N) is 1. The largest absolute Gasteiger partial charge is 0.439 e. The van der Waals surface area contributed by atoms with E-state index in [4.69, 9.17) is 9.36 Å². The van der Waals surface area contributed by atoms with E-state index in [1.165, 1.54) is 0 Å². The topological polar surface area (TPSA) is 133 Å². The highest BCUT2D eigenvalue weighted by molar-refractivity contribution is 5.85. The average molecular weight is 556 g/mol. The minimum atomic E-state index is -0.605. The number of benzene rings is 2. The molecule has 0 aliphatic carbocycles. The summed E-state index contributed by atoms with van der Waals surface area (Å²) in [7, 11) is 0. The molecule has 0 amide bonds. The van der Waals surface area contributed by atoms with E-state index in [1.54, 1.807) is 4.57 Å². The molecule has 0 aliphatic heterocycles. The minimum absolute atomic E-state index is 0.115. The Morgan fingerprint density at radius 3 is 2.49 bits per heavy atom. The Labute approximate surface area is 236 Å². The second-order valence-electron chi connectivity index (χ2n) is 9.91. The molecule has 11 heteroatoms. The Hall–Kier alpha value is -4.80. The van der Waals surface area contributed by atoms with Gasteiger partial charge in [0.1, 0.15) is 12.4 Å². The summed E-state index contributed by atoms with van der Waals surface area (Å²) in [6, 6.07) is 15.3. The zero-order chi connectivity index (χ0) is 29.1. The van der Waals surface area contributed by atoms with E-state index >= 15 is 0 Å². The summed E-state index contributed by atoms with van der Waals surface area (Å²) in [4.78, 5) is 38.2. The SMILES string of the molecule is CCCc1c(Cc2ccc(-c3ccccc3-c3noc(=O)[nH]3)cc2)c(=O)n(C(C)/C(C)=N/OCC)c2nc(C)nn12. The van der Waals surface area contributed by atoms with Crippen LogP contribution in [0.4, 0.5) is 0 Å². The van der Waals surface area contributed by atoms with Gasteiger partial charge in [0.25, 0.3) is 5.56 Å². The van der Waals surface area contributed by atoms with Crippen molar-refractivity contribution in [2.24, 2.45) is 5.16 Å². The van der Waals surface area contributed by atoms with E-state index in [9.17, 15) is 9.59 Å². The van der Waals surface area contributed by atoms with Crippen molar-refractivity contribution < 1.29 is 9.36 Å². The zero-order valence-electron chi connectivity index (χ0n) is 23.8. The number of aromatic nitrogens is 6. The van der Waals surface area contributed by atoms with Crippen molar-refractivity contribution in [3.8, 4) is 22.5 Å². The van der Waals surface area contributed by atoms with Crippen LogP contribution < -0.4 is 11.3 Å². The first-order valence-corrected chi connectivity index (χ1v) is 13.7. The molecule has 0 fully saturated rings. The van der Waals surface area contributed by atoms with E-state index < -0.39 is 5.76 Å². The van der Waals surface area contributed by atoms with Gasteiger partial charge in [-0.25, -0.2) is 9.31 Å². The number of rotatable bonds is 10. The Bertz CT molecular complexity index is 1830. The lowest BCUT2D eigenvalue weighted by molar-refractivity contribution is 0.157. The number of aryl methyl sites for hydroxylation is 2. The summed E-state index contributed by atoms with van der Waals surface area (Å²) in [5.74, 6) is 0.854. The zero-order valence-corrected chi connectivity index (χ0v) is 23.8. The lowest BCUT2D eigenvalue weighted by Gasteiger charge is -2.20.